The number of benzene rings is 1. The van der Waals surface area contributed by atoms with Crippen LogP contribution in [0, 0.1) is 0 Å². The van der Waals surface area contributed by atoms with Crippen LogP contribution in [-0.2, 0) is 4.79 Å². The topological polar surface area (TPSA) is 91.4 Å². The van der Waals surface area contributed by atoms with Crippen molar-refractivity contribution >= 4 is 34.7 Å². The van der Waals surface area contributed by atoms with Gasteiger partial charge in [-0.15, -0.1) is 11.3 Å². The molecule has 31 heavy (non-hydrogen) atoms. The zero-order chi connectivity index (χ0) is 21.4. The number of pyridine rings is 1. The van der Waals surface area contributed by atoms with Crippen molar-refractivity contribution in [2.24, 2.45) is 0 Å². The molecule has 4 heterocycles. The summed E-state index contributed by atoms with van der Waals surface area (Å²) < 4.78 is 0. The number of anilines is 1. The van der Waals surface area contributed by atoms with Crippen LogP contribution >= 0.6 is 11.3 Å². The molecule has 0 radical (unpaired) electrons. The summed E-state index contributed by atoms with van der Waals surface area (Å²) >= 11 is 1.60. The van der Waals surface area contributed by atoms with Crippen LogP contribution in [0.2, 0.25) is 0 Å². The summed E-state index contributed by atoms with van der Waals surface area (Å²) in [5.74, 6) is -0.584. The van der Waals surface area contributed by atoms with Gasteiger partial charge in [0.2, 0.25) is 5.91 Å². The number of nitrogens with one attached hydrogen (secondary N) is 2. The van der Waals surface area contributed by atoms with E-state index in [-0.39, 0.29) is 23.8 Å². The molecule has 2 N–H and O–H groups in total. The van der Waals surface area contributed by atoms with Crippen molar-refractivity contribution in [3.8, 4) is 10.4 Å². The number of aromatic nitrogens is 1. The first-order chi connectivity index (χ1) is 15.1. The predicted molar refractivity (Wildman–Crippen MR) is 118 cm³/mol. The van der Waals surface area contributed by atoms with Gasteiger partial charge in [-0.2, -0.15) is 0 Å². The van der Waals surface area contributed by atoms with Gasteiger partial charge in [0.25, 0.3) is 11.8 Å². The summed E-state index contributed by atoms with van der Waals surface area (Å²) in [6.45, 7) is 0.404. The van der Waals surface area contributed by atoms with Crippen molar-refractivity contribution in [1.82, 2.24) is 15.2 Å². The minimum Gasteiger partial charge on any atom is -0.349 e. The molecule has 1 aromatic carbocycles. The van der Waals surface area contributed by atoms with E-state index in [0.717, 1.165) is 10.4 Å². The molecule has 3 aromatic rings. The minimum absolute atomic E-state index is 0.157. The van der Waals surface area contributed by atoms with E-state index in [0.29, 0.717) is 36.2 Å². The molecule has 1 saturated heterocycles. The van der Waals surface area contributed by atoms with Gasteiger partial charge in [-0.1, -0.05) is 12.1 Å². The second-order valence-electron chi connectivity index (χ2n) is 7.67. The van der Waals surface area contributed by atoms with E-state index in [9.17, 15) is 14.4 Å². The molecule has 3 amide bonds. The zero-order valence-corrected chi connectivity index (χ0v) is 17.4. The van der Waals surface area contributed by atoms with E-state index in [1.165, 1.54) is 0 Å². The second kappa shape index (κ2) is 7.96. The number of nitrogens with zero attached hydrogens (tertiary/aromatic N) is 2. The summed E-state index contributed by atoms with van der Waals surface area (Å²) in [5, 5.41) is 7.89. The maximum absolute atomic E-state index is 13.3. The van der Waals surface area contributed by atoms with Crippen molar-refractivity contribution in [3.63, 3.8) is 0 Å². The number of carbonyl (C=O) groups excluding carboxylic acids is 3. The zero-order valence-electron chi connectivity index (χ0n) is 16.6. The first kappa shape index (κ1) is 19.4. The van der Waals surface area contributed by atoms with Crippen LogP contribution < -0.4 is 10.6 Å². The average Bonchev–Trinajstić information content (AvgIpc) is 3.31. The van der Waals surface area contributed by atoms with E-state index < -0.39 is 6.04 Å². The van der Waals surface area contributed by atoms with E-state index in [1.807, 2.05) is 29.6 Å². The Morgan fingerprint density at radius 3 is 2.77 bits per heavy atom. The molecule has 156 valence electrons. The number of amides is 3. The maximum Gasteiger partial charge on any atom is 0.256 e. The number of piperidine rings is 1. The molecule has 8 heteroatoms. The fraction of sp³-hybridized carbons (Fsp3) is 0.217. The second-order valence-corrected chi connectivity index (χ2v) is 8.62. The molecule has 2 unspecified atom stereocenters. The largest absolute Gasteiger partial charge is 0.349 e. The van der Waals surface area contributed by atoms with Gasteiger partial charge < -0.3 is 15.5 Å². The van der Waals surface area contributed by atoms with Gasteiger partial charge in [0.1, 0.15) is 6.04 Å². The van der Waals surface area contributed by atoms with Gasteiger partial charge >= 0.3 is 0 Å². The Hall–Kier alpha value is -3.52. The highest BCUT2D eigenvalue weighted by atomic mass is 32.1. The third-order valence-electron chi connectivity index (χ3n) is 5.76. The summed E-state index contributed by atoms with van der Waals surface area (Å²) in [5.41, 5.74) is 2.50. The SMILES string of the molecule is O=C(NC1CCN2C(=O)c3cc(-c4cccs4)ccc3NC(=O)C2C1)c1ccncc1. The van der Waals surface area contributed by atoms with E-state index in [1.54, 1.807) is 46.8 Å². The highest BCUT2D eigenvalue weighted by molar-refractivity contribution is 7.13. The summed E-state index contributed by atoms with van der Waals surface area (Å²) in [6, 6.07) is 12.0. The third kappa shape index (κ3) is 3.70. The van der Waals surface area contributed by atoms with Gasteiger partial charge in [-0.05, 0) is 54.1 Å². The first-order valence-corrected chi connectivity index (χ1v) is 11.0. The highest BCUT2D eigenvalue weighted by Gasteiger charge is 2.40. The Morgan fingerprint density at radius 2 is 2.00 bits per heavy atom. The van der Waals surface area contributed by atoms with Gasteiger partial charge in [-0.3, -0.25) is 19.4 Å². The lowest BCUT2D eigenvalue weighted by Gasteiger charge is -2.37. The van der Waals surface area contributed by atoms with Crippen molar-refractivity contribution in [2.75, 3.05) is 11.9 Å². The standard InChI is InChI=1S/C23H20N4O3S/c28-21(14-5-8-24-9-6-14)25-16-7-10-27-19(13-16)22(29)26-18-4-3-15(12-17(18)23(27)30)20-2-1-11-31-20/h1-6,8-9,11-12,16,19H,7,10,13H2,(H,25,28)(H,26,29). The normalized spacial score (nSPS) is 20.3. The Kier molecular flexibility index (Phi) is 4.99. The van der Waals surface area contributed by atoms with Crippen LogP contribution in [-0.4, -0.2) is 46.2 Å². The Balaban J connectivity index is 1.37. The predicted octanol–water partition coefficient (Wildman–Crippen LogP) is 3.17. The number of rotatable bonds is 3. The van der Waals surface area contributed by atoms with Crippen LogP contribution in [0.1, 0.15) is 33.6 Å². The van der Waals surface area contributed by atoms with Gasteiger partial charge in [-0.25, -0.2) is 0 Å². The summed E-state index contributed by atoms with van der Waals surface area (Å²) in [7, 11) is 0. The molecule has 2 aromatic heterocycles. The molecule has 5 rings (SSSR count). The Bertz CT molecular complexity index is 1150. The van der Waals surface area contributed by atoms with Crippen LogP contribution in [0.15, 0.2) is 60.2 Å². The molecule has 1 fully saturated rings. The molecule has 7 nitrogen and oxygen atoms in total. The highest BCUT2D eigenvalue weighted by Crippen LogP contribution is 2.33. The van der Waals surface area contributed by atoms with Crippen LogP contribution in [0.4, 0.5) is 5.69 Å². The number of thiophene rings is 1. The summed E-state index contributed by atoms with van der Waals surface area (Å²) in [4.78, 5) is 45.4. The Morgan fingerprint density at radius 1 is 1.16 bits per heavy atom. The molecule has 2 aliphatic heterocycles. The fourth-order valence-electron chi connectivity index (χ4n) is 4.16. The minimum atomic E-state index is -0.624. The summed E-state index contributed by atoms with van der Waals surface area (Å²) in [6.07, 6.45) is 4.10. The smallest absolute Gasteiger partial charge is 0.256 e. The van der Waals surface area contributed by atoms with Gasteiger partial charge in [0, 0.05) is 35.4 Å². The molecule has 0 spiro atoms. The lowest BCUT2D eigenvalue weighted by atomic mass is 9.95. The molecule has 2 aliphatic rings. The monoisotopic (exact) mass is 432 g/mol. The number of fused-ring (bicyclic) bond motifs is 2. The van der Waals surface area contributed by atoms with Crippen molar-refractivity contribution in [2.45, 2.75) is 24.9 Å². The molecule has 0 bridgehead atoms. The maximum atomic E-state index is 13.3. The molecular formula is C23H20N4O3S. The first-order valence-electron chi connectivity index (χ1n) is 10.1. The number of hydrogen-bond acceptors (Lipinski definition) is 5. The average molecular weight is 433 g/mol. The van der Waals surface area contributed by atoms with Crippen molar-refractivity contribution in [3.05, 3.63) is 71.4 Å². The quantitative estimate of drug-likeness (QED) is 0.665. The van der Waals surface area contributed by atoms with E-state index in [4.69, 9.17) is 0 Å². The fourth-order valence-corrected chi connectivity index (χ4v) is 4.88. The van der Waals surface area contributed by atoms with E-state index >= 15 is 0 Å². The van der Waals surface area contributed by atoms with Crippen LogP contribution in [0.25, 0.3) is 10.4 Å². The van der Waals surface area contributed by atoms with Crippen LogP contribution in [0.5, 0.6) is 0 Å². The van der Waals surface area contributed by atoms with Gasteiger partial charge in [0.15, 0.2) is 0 Å². The lowest BCUT2D eigenvalue weighted by Crippen LogP contribution is -2.55. The van der Waals surface area contributed by atoms with Gasteiger partial charge in [0.05, 0.1) is 11.3 Å². The molecule has 2 atom stereocenters. The van der Waals surface area contributed by atoms with Crippen LogP contribution in [0.3, 0.4) is 0 Å². The molecule has 0 saturated carbocycles. The molecular weight excluding hydrogens is 412 g/mol. The lowest BCUT2D eigenvalue weighted by molar-refractivity contribution is -0.121. The molecule has 0 aliphatic carbocycles. The number of hydrogen-bond donors (Lipinski definition) is 2. The van der Waals surface area contributed by atoms with Crippen molar-refractivity contribution < 1.29 is 14.4 Å². The Labute approximate surface area is 183 Å². The van der Waals surface area contributed by atoms with E-state index in [2.05, 4.69) is 15.6 Å². The third-order valence-corrected chi connectivity index (χ3v) is 6.68. The number of carbonyl (C=O) groups is 3. The van der Waals surface area contributed by atoms with Crippen molar-refractivity contribution in [1.29, 1.82) is 0 Å².